The molecule has 11 heavy (non-hydrogen) atoms. The van der Waals surface area contributed by atoms with Gasteiger partial charge in [-0.15, -0.1) is 6.58 Å². The molecule has 1 N–H and O–H groups in total. The minimum absolute atomic E-state index is 0.583. The standard InChI is InChI=1S/C10H21N/c1-6-10(7-8(2)3)11-9(4)5/h9-11H,2,6-7H2,1,3-5H3/t10-/m1/s1. The van der Waals surface area contributed by atoms with Gasteiger partial charge >= 0.3 is 0 Å². The molecule has 0 saturated carbocycles. The lowest BCUT2D eigenvalue weighted by Crippen LogP contribution is -2.34. The molecule has 0 aromatic rings. The quantitative estimate of drug-likeness (QED) is 0.602. The molecule has 0 spiro atoms. The summed E-state index contributed by atoms with van der Waals surface area (Å²) in [6.45, 7) is 12.6. The van der Waals surface area contributed by atoms with E-state index in [0.717, 1.165) is 6.42 Å². The second-order valence-electron chi connectivity index (χ2n) is 3.59. The maximum atomic E-state index is 3.91. The van der Waals surface area contributed by atoms with Gasteiger partial charge in [0.25, 0.3) is 0 Å². The van der Waals surface area contributed by atoms with Gasteiger partial charge in [-0.2, -0.15) is 0 Å². The molecular formula is C10H21N. The molecule has 0 rings (SSSR count). The molecule has 0 heterocycles. The summed E-state index contributed by atoms with van der Waals surface area (Å²) >= 11 is 0. The molecule has 0 unspecified atom stereocenters. The molecule has 1 heteroatoms. The van der Waals surface area contributed by atoms with Gasteiger partial charge in [0.15, 0.2) is 0 Å². The molecule has 66 valence electrons. The number of rotatable bonds is 5. The average molecular weight is 155 g/mol. The Balaban J connectivity index is 3.66. The maximum Gasteiger partial charge on any atom is 0.0104 e. The van der Waals surface area contributed by atoms with Gasteiger partial charge in [0, 0.05) is 12.1 Å². The van der Waals surface area contributed by atoms with E-state index in [4.69, 9.17) is 0 Å². The zero-order chi connectivity index (χ0) is 8.85. The van der Waals surface area contributed by atoms with E-state index < -0.39 is 0 Å². The lowest BCUT2D eigenvalue weighted by atomic mass is 10.1. The maximum absolute atomic E-state index is 3.91. The first kappa shape index (κ1) is 10.7. The lowest BCUT2D eigenvalue weighted by molar-refractivity contribution is 0.448. The first-order valence-electron chi connectivity index (χ1n) is 4.46. The van der Waals surface area contributed by atoms with Crippen LogP contribution in [0.1, 0.15) is 40.5 Å². The number of nitrogens with one attached hydrogen (secondary N) is 1. The fraction of sp³-hybridized carbons (Fsp3) is 0.800. The lowest BCUT2D eigenvalue weighted by Gasteiger charge is -2.19. The van der Waals surface area contributed by atoms with Crippen molar-refractivity contribution < 1.29 is 0 Å². The predicted molar refractivity (Wildman–Crippen MR) is 51.8 cm³/mol. The normalized spacial score (nSPS) is 13.5. The van der Waals surface area contributed by atoms with Gasteiger partial charge in [0.05, 0.1) is 0 Å². The van der Waals surface area contributed by atoms with Crippen LogP contribution in [0, 0.1) is 0 Å². The summed E-state index contributed by atoms with van der Waals surface area (Å²) in [4.78, 5) is 0. The minimum Gasteiger partial charge on any atom is -0.311 e. The monoisotopic (exact) mass is 155 g/mol. The van der Waals surface area contributed by atoms with E-state index in [1.165, 1.54) is 12.0 Å². The Kier molecular flexibility index (Phi) is 5.22. The summed E-state index contributed by atoms with van der Waals surface area (Å²) in [6.07, 6.45) is 2.29. The van der Waals surface area contributed by atoms with Crippen molar-refractivity contribution in [2.45, 2.75) is 52.6 Å². The molecule has 0 aliphatic heterocycles. The summed E-state index contributed by atoms with van der Waals surface area (Å²) in [7, 11) is 0. The van der Waals surface area contributed by atoms with Crippen molar-refractivity contribution in [3.63, 3.8) is 0 Å². The van der Waals surface area contributed by atoms with Crippen LogP contribution in [0.15, 0.2) is 12.2 Å². The van der Waals surface area contributed by atoms with Crippen LogP contribution in [0.4, 0.5) is 0 Å². The first-order valence-corrected chi connectivity index (χ1v) is 4.46. The smallest absolute Gasteiger partial charge is 0.0104 e. The van der Waals surface area contributed by atoms with E-state index in [2.05, 4.69) is 39.6 Å². The van der Waals surface area contributed by atoms with Gasteiger partial charge in [-0.05, 0) is 19.8 Å². The Bertz CT molecular complexity index is 116. The topological polar surface area (TPSA) is 12.0 Å². The van der Waals surface area contributed by atoms with Crippen LogP contribution in [0.2, 0.25) is 0 Å². The van der Waals surface area contributed by atoms with Gasteiger partial charge in [-0.3, -0.25) is 0 Å². The third-order valence-corrected chi connectivity index (χ3v) is 1.66. The zero-order valence-electron chi connectivity index (χ0n) is 8.28. The van der Waals surface area contributed by atoms with Gasteiger partial charge in [0.2, 0.25) is 0 Å². The highest BCUT2D eigenvalue weighted by atomic mass is 14.9. The number of hydrogen-bond donors (Lipinski definition) is 1. The molecule has 0 amide bonds. The Morgan fingerprint density at radius 2 is 2.00 bits per heavy atom. The van der Waals surface area contributed by atoms with Crippen molar-refractivity contribution in [1.82, 2.24) is 5.32 Å². The molecule has 0 bridgehead atoms. The Labute approximate surface area is 70.9 Å². The van der Waals surface area contributed by atoms with Gasteiger partial charge < -0.3 is 5.32 Å². The van der Waals surface area contributed by atoms with Crippen LogP contribution in [0.25, 0.3) is 0 Å². The van der Waals surface area contributed by atoms with E-state index in [1.54, 1.807) is 0 Å². The highest BCUT2D eigenvalue weighted by Gasteiger charge is 2.06. The average Bonchev–Trinajstić information content (AvgIpc) is 1.84. The van der Waals surface area contributed by atoms with Crippen molar-refractivity contribution in [3.8, 4) is 0 Å². The van der Waals surface area contributed by atoms with Gasteiger partial charge in [-0.1, -0.05) is 26.3 Å². The second-order valence-corrected chi connectivity index (χ2v) is 3.59. The molecule has 1 nitrogen and oxygen atoms in total. The minimum atomic E-state index is 0.583. The van der Waals surface area contributed by atoms with Gasteiger partial charge in [-0.25, -0.2) is 0 Å². The van der Waals surface area contributed by atoms with Crippen LogP contribution in [0.3, 0.4) is 0 Å². The molecule has 0 aromatic carbocycles. The van der Waals surface area contributed by atoms with E-state index in [9.17, 15) is 0 Å². The summed E-state index contributed by atoms with van der Waals surface area (Å²) < 4.78 is 0. The molecular weight excluding hydrogens is 134 g/mol. The Morgan fingerprint density at radius 1 is 1.45 bits per heavy atom. The third kappa shape index (κ3) is 6.11. The van der Waals surface area contributed by atoms with E-state index >= 15 is 0 Å². The third-order valence-electron chi connectivity index (χ3n) is 1.66. The van der Waals surface area contributed by atoms with Crippen LogP contribution in [-0.4, -0.2) is 12.1 Å². The van der Waals surface area contributed by atoms with Crippen LogP contribution < -0.4 is 5.32 Å². The molecule has 0 fully saturated rings. The Hall–Kier alpha value is -0.300. The summed E-state index contributed by atoms with van der Waals surface area (Å²) in [5, 5.41) is 3.50. The van der Waals surface area contributed by atoms with Crippen molar-refractivity contribution >= 4 is 0 Å². The van der Waals surface area contributed by atoms with Crippen LogP contribution >= 0.6 is 0 Å². The molecule has 0 aromatic heterocycles. The number of hydrogen-bond acceptors (Lipinski definition) is 1. The fourth-order valence-corrected chi connectivity index (χ4v) is 1.21. The van der Waals surface area contributed by atoms with E-state index in [-0.39, 0.29) is 0 Å². The highest BCUT2D eigenvalue weighted by Crippen LogP contribution is 2.05. The van der Waals surface area contributed by atoms with Gasteiger partial charge in [0.1, 0.15) is 0 Å². The van der Waals surface area contributed by atoms with E-state index in [0.29, 0.717) is 12.1 Å². The van der Waals surface area contributed by atoms with Crippen molar-refractivity contribution in [2.75, 3.05) is 0 Å². The molecule has 0 aliphatic rings. The Morgan fingerprint density at radius 3 is 2.27 bits per heavy atom. The fourth-order valence-electron chi connectivity index (χ4n) is 1.21. The van der Waals surface area contributed by atoms with Crippen LogP contribution in [0.5, 0.6) is 0 Å². The summed E-state index contributed by atoms with van der Waals surface area (Å²) in [5.74, 6) is 0. The largest absolute Gasteiger partial charge is 0.311 e. The van der Waals surface area contributed by atoms with Crippen molar-refractivity contribution in [1.29, 1.82) is 0 Å². The molecule has 0 aliphatic carbocycles. The zero-order valence-corrected chi connectivity index (χ0v) is 8.28. The first-order chi connectivity index (χ1) is 5.06. The highest BCUT2D eigenvalue weighted by molar-refractivity contribution is 4.92. The van der Waals surface area contributed by atoms with Crippen LogP contribution in [-0.2, 0) is 0 Å². The molecule has 1 atom stereocenters. The second kappa shape index (κ2) is 5.36. The molecule has 0 saturated heterocycles. The summed E-state index contributed by atoms with van der Waals surface area (Å²) in [5.41, 5.74) is 1.27. The molecule has 0 radical (unpaired) electrons. The predicted octanol–water partition coefficient (Wildman–Crippen LogP) is 2.73. The van der Waals surface area contributed by atoms with E-state index in [1.807, 2.05) is 0 Å². The van der Waals surface area contributed by atoms with Crippen molar-refractivity contribution in [3.05, 3.63) is 12.2 Å². The van der Waals surface area contributed by atoms with Crippen molar-refractivity contribution in [2.24, 2.45) is 0 Å². The SMILES string of the molecule is C=C(C)C[C@@H](CC)NC(C)C. The summed E-state index contributed by atoms with van der Waals surface area (Å²) in [6, 6.07) is 1.20.